The molecule has 3 rings (SSSR count). The number of aryl methyl sites for hydroxylation is 1. The Balaban J connectivity index is 1.80. The first kappa shape index (κ1) is 14.6. The van der Waals surface area contributed by atoms with Crippen molar-refractivity contribution < 1.29 is 5.11 Å². The van der Waals surface area contributed by atoms with Crippen molar-refractivity contribution in [1.82, 2.24) is 14.9 Å². The van der Waals surface area contributed by atoms with E-state index < -0.39 is 0 Å². The number of imidazole rings is 1. The molecule has 0 bridgehead atoms. The Morgan fingerprint density at radius 1 is 1.48 bits per heavy atom. The molecule has 0 aliphatic heterocycles. The molecule has 0 radical (unpaired) electrons. The monoisotopic (exact) mass is 305 g/mol. The van der Waals surface area contributed by atoms with Gasteiger partial charge in [-0.3, -0.25) is 0 Å². The Labute approximate surface area is 129 Å². The molecule has 4 nitrogen and oxygen atoms in total. The third-order valence-corrected chi connectivity index (χ3v) is 4.37. The highest BCUT2D eigenvalue weighted by molar-refractivity contribution is 6.31. The van der Waals surface area contributed by atoms with Crippen LogP contribution in [0, 0.1) is 5.92 Å². The van der Waals surface area contributed by atoms with E-state index in [0.29, 0.717) is 11.1 Å². The van der Waals surface area contributed by atoms with Gasteiger partial charge in [0.05, 0.1) is 17.1 Å². The lowest BCUT2D eigenvalue weighted by atomic mass is 10.1. The number of rotatable bonds is 4. The maximum atomic E-state index is 9.19. The van der Waals surface area contributed by atoms with Crippen molar-refractivity contribution in [3.05, 3.63) is 41.2 Å². The van der Waals surface area contributed by atoms with Gasteiger partial charge in [0, 0.05) is 30.6 Å². The molecule has 2 aromatic rings. The van der Waals surface area contributed by atoms with Gasteiger partial charge in [0.1, 0.15) is 5.82 Å². The Kier molecular flexibility index (Phi) is 4.02. The topological polar surface area (TPSA) is 50.1 Å². The molecule has 0 amide bonds. The van der Waals surface area contributed by atoms with E-state index in [-0.39, 0.29) is 18.6 Å². The van der Waals surface area contributed by atoms with Crippen molar-refractivity contribution >= 4 is 22.6 Å². The molecule has 112 valence electrons. The van der Waals surface area contributed by atoms with Gasteiger partial charge in [0.25, 0.3) is 0 Å². The molecule has 0 saturated heterocycles. The van der Waals surface area contributed by atoms with Gasteiger partial charge >= 0.3 is 0 Å². The van der Waals surface area contributed by atoms with E-state index in [4.69, 9.17) is 16.6 Å². The first-order chi connectivity index (χ1) is 10.1. The Morgan fingerprint density at radius 3 is 3.00 bits per heavy atom. The number of hydrogen-bond donors (Lipinski definition) is 2. The molecule has 1 aromatic carbocycles. The molecule has 1 aliphatic carbocycles. The zero-order valence-electron chi connectivity index (χ0n) is 12.3. The van der Waals surface area contributed by atoms with E-state index in [1.165, 1.54) is 0 Å². The predicted octanol–water partition coefficient (Wildman–Crippen LogP) is 2.81. The molecule has 1 aromatic heterocycles. The SMILES string of the molecule is C[C@H](N[C@@H]1C=C[C@H](CO)C1)c1nc2cc(Cl)ccc2n1C. The van der Waals surface area contributed by atoms with Gasteiger partial charge in [0.2, 0.25) is 0 Å². The highest BCUT2D eigenvalue weighted by atomic mass is 35.5. The minimum Gasteiger partial charge on any atom is -0.396 e. The van der Waals surface area contributed by atoms with Crippen LogP contribution in [-0.2, 0) is 7.05 Å². The summed E-state index contributed by atoms with van der Waals surface area (Å²) in [5.41, 5.74) is 2.00. The quantitative estimate of drug-likeness (QED) is 0.854. The lowest BCUT2D eigenvalue weighted by Crippen LogP contribution is -2.30. The van der Waals surface area contributed by atoms with Crippen LogP contribution in [0.1, 0.15) is 25.2 Å². The van der Waals surface area contributed by atoms with E-state index in [1.54, 1.807) is 0 Å². The molecule has 0 unspecified atom stereocenters. The smallest absolute Gasteiger partial charge is 0.126 e. The fourth-order valence-corrected chi connectivity index (χ4v) is 3.17. The maximum absolute atomic E-state index is 9.19. The zero-order chi connectivity index (χ0) is 15.0. The fourth-order valence-electron chi connectivity index (χ4n) is 3.01. The van der Waals surface area contributed by atoms with Crippen LogP contribution in [0.2, 0.25) is 5.02 Å². The Hall–Kier alpha value is -1.36. The molecule has 5 heteroatoms. The summed E-state index contributed by atoms with van der Waals surface area (Å²) in [6.07, 6.45) is 5.16. The summed E-state index contributed by atoms with van der Waals surface area (Å²) in [7, 11) is 2.03. The molecule has 3 atom stereocenters. The van der Waals surface area contributed by atoms with E-state index in [2.05, 4.69) is 29.0 Å². The van der Waals surface area contributed by atoms with Crippen LogP contribution in [0.5, 0.6) is 0 Å². The second-order valence-electron chi connectivity index (χ2n) is 5.72. The van der Waals surface area contributed by atoms with Gasteiger partial charge in [-0.15, -0.1) is 0 Å². The number of fused-ring (bicyclic) bond motifs is 1. The minimum absolute atomic E-state index is 0.133. The standard InChI is InChI=1S/C16H20ClN3O/c1-10(18-13-5-3-11(7-13)9-21)16-19-14-8-12(17)4-6-15(14)20(16)2/h3-6,8,10-11,13,18,21H,7,9H2,1-2H3/t10-,11-,13+/m0/s1. The second kappa shape index (κ2) is 5.79. The third kappa shape index (κ3) is 2.84. The molecule has 1 heterocycles. The molecule has 0 fully saturated rings. The van der Waals surface area contributed by atoms with Crippen LogP contribution in [0.4, 0.5) is 0 Å². The summed E-state index contributed by atoms with van der Waals surface area (Å²) in [5.74, 6) is 1.27. The number of aliphatic hydroxyl groups is 1. The minimum atomic E-state index is 0.133. The van der Waals surface area contributed by atoms with Gasteiger partial charge in [0.15, 0.2) is 0 Å². The number of benzene rings is 1. The first-order valence-corrected chi connectivity index (χ1v) is 7.63. The van der Waals surface area contributed by atoms with Gasteiger partial charge in [-0.1, -0.05) is 23.8 Å². The lowest BCUT2D eigenvalue weighted by Gasteiger charge is -2.19. The molecule has 21 heavy (non-hydrogen) atoms. The van der Waals surface area contributed by atoms with Crippen molar-refractivity contribution in [2.75, 3.05) is 6.61 Å². The van der Waals surface area contributed by atoms with Crippen LogP contribution in [0.3, 0.4) is 0 Å². The summed E-state index contributed by atoms with van der Waals surface area (Å²) >= 11 is 6.03. The highest BCUT2D eigenvalue weighted by Gasteiger charge is 2.22. The first-order valence-electron chi connectivity index (χ1n) is 7.25. The fraction of sp³-hybridized carbons (Fsp3) is 0.438. The normalized spacial score (nSPS) is 23.0. The molecular formula is C16H20ClN3O. The zero-order valence-corrected chi connectivity index (χ0v) is 13.0. The lowest BCUT2D eigenvalue weighted by molar-refractivity contribution is 0.244. The van der Waals surface area contributed by atoms with Gasteiger partial charge < -0.3 is 15.0 Å². The number of nitrogens with zero attached hydrogens (tertiary/aromatic N) is 2. The molecular weight excluding hydrogens is 286 g/mol. The van der Waals surface area contributed by atoms with Crippen LogP contribution in [-0.4, -0.2) is 27.3 Å². The van der Waals surface area contributed by atoms with E-state index in [9.17, 15) is 5.11 Å². The van der Waals surface area contributed by atoms with Crippen molar-refractivity contribution in [1.29, 1.82) is 0 Å². The van der Waals surface area contributed by atoms with Crippen molar-refractivity contribution in [2.24, 2.45) is 13.0 Å². The van der Waals surface area contributed by atoms with Crippen LogP contribution >= 0.6 is 11.6 Å². The van der Waals surface area contributed by atoms with Gasteiger partial charge in [-0.25, -0.2) is 4.98 Å². The predicted molar refractivity (Wildman–Crippen MR) is 85.4 cm³/mol. The van der Waals surface area contributed by atoms with E-state index in [1.807, 2.05) is 25.2 Å². The number of hydrogen-bond acceptors (Lipinski definition) is 3. The van der Waals surface area contributed by atoms with Crippen LogP contribution in [0.15, 0.2) is 30.4 Å². The van der Waals surface area contributed by atoms with Crippen LogP contribution in [0.25, 0.3) is 11.0 Å². The summed E-state index contributed by atoms with van der Waals surface area (Å²) in [6, 6.07) is 6.20. The van der Waals surface area contributed by atoms with Crippen molar-refractivity contribution in [3.63, 3.8) is 0 Å². The molecule has 1 aliphatic rings. The maximum Gasteiger partial charge on any atom is 0.126 e. The number of aliphatic hydroxyl groups excluding tert-OH is 1. The molecule has 0 spiro atoms. The highest BCUT2D eigenvalue weighted by Crippen LogP contribution is 2.24. The van der Waals surface area contributed by atoms with E-state index in [0.717, 1.165) is 23.3 Å². The number of aromatic nitrogens is 2. The van der Waals surface area contributed by atoms with Crippen molar-refractivity contribution in [3.8, 4) is 0 Å². The average Bonchev–Trinajstić information content (AvgIpc) is 3.03. The van der Waals surface area contributed by atoms with Crippen molar-refractivity contribution in [2.45, 2.75) is 25.4 Å². The third-order valence-electron chi connectivity index (χ3n) is 4.14. The molecule has 0 saturated carbocycles. The van der Waals surface area contributed by atoms with Crippen LogP contribution < -0.4 is 5.32 Å². The summed E-state index contributed by atoms with van der Waals surface area (Å²) in [5, 5.41) is 13.5. The molecule has 2 N–H and O–H groups in total. The van der Waals surface area contributed by atoms with E-state index >= 15 is 0 Å². The number of halogens is 1. The summed E-state index contributed by atoms with van der Waals surface area (Å²) in [6.45, 7) is 2.33. The number of nitrogens with one attached hydrogen (secondary N) is 1. The second-order valence-corrected chi connectivity index (χ2v) is 6.16. The Bertz CT molecular complexity index is 679. The van der Waals surface area contributed by atoms with Gasteiger partial charge in [-0.2, -0.15) is 0 Å². The largest absolute Gasteiger partial charge is 0.396 e. The average molecular weight is 306 g/mol. The summed E-state index contributed by atoms with van der Waals surface area (Å²) in [4.78, 5) is 4.70. The summed E-state index contributed by atoms with van der Waals surface area (Å²) < 4.78 is 2.10. The van der Waals surface area contributed by atoms with Gasteiger partial charge in [-0.05, 0) is 31.5 Å². The Morgan fingerprint density at radius 2 is 2.29 bits per heavy atom.